The predicted octanol–water partition coefficient (Wildman–Crippen LogP) is 2.76. The number of rotatable bonds is 5. The lowest BCUT2D eigenvalue weighted by molar-refractivity contribution is -0.119. The molecule has 1 aromatic heterocycles. The number of nitrogens with zero attached hydrogens (tertiary/aromatic N) is 3. The lowest BCUT2D eigenvalue weighted by Gasteiger charge is -2.19. The zero-order chi connectivity index (χ0) is 17.0. The summed E-state index contributed by atoms with van der Waals surface area (Å²) in [5, 5.41) is 8.52. The van der Waals surface area contributed by atoms with E-state index in [-0.39, 0.29) is 17.9 Å². The number of aryl methyl sites for hydroxylation is 1. The lowest BCUT2D eigenvalue weighted by Crippen LogP contribution is -2.29. The standard InChI is InChI=1S/C16H22N4O2S/c1-11-17-18-15(23-5)20(11)19-14(21)10-22-13-8-6-12(7-9-13)16(2,3)4/h6-9H,10H2,1-5H3,(H,19,21). The van der Waals surface area contributed by atoms with Gasteiger partial charge in [0.2, 0.25) is 5.16 Å². The van der Waals surface area contributed by atoms with Gasteiger partial charge in [0.1, 0.15) is 11.6 Å². The molecule has 7 heteroatoms. The summed E-state index contributed by atoms with van der Waals surface area (Å²) in [6.07, 6.45) is 1.87. The molecule has 0 saturated carbocycles. The van der Waals surface area contributed by atoms with Gasteiger partial charge in [-0.15, -0.1) is 10.2 Å². The number of thioether (sulfide) groups is 1. The zero-order valence-electron chi connectivity index (χ0n) is 14.1. The highest BCUT2D eigenvalue weighted by molar-refractivity contribution is 7.98. The number of hydrogen-bond donors (Lipinski definition) is 1. The molecular formula is C16H22N4O2S. The van der Waals surface area contributed by atoms with Crippen LogP contribution in [0.2, 0.25) is 0 Å². The molecule has 0 spiro atoms. The van der Waals surface area contributed by atoms with Crippen molar-refractivity contribution in [1.29, 1.82) is 0 Å². The Kier molecular flexibility index (Phi) is 5.30. The van der Waals surface area contributed by atoms with Gasteiger partial charge in [0, 0.05) is 0 Å². The van der Waals surface area contributed by atoms with Crippen LogP contribution in [-0.4, -0.2) is 33.6 Å². The molecule has 1 N–H and O–H groups in total. The second kappa shape index (κ2) is 7.04. The Balaban J connectivity index is 1.93. The fourth-order valence-electron chi connectivity index (χ4n) is 1.96. The van der Waals surface area contributed by atoms with E-state index < -0.39 is 0 Å². The molecule has 0 saturated heterocycles. The summed E-state index contributed by atoms with van der Waals surface area (Å²) in [5.74, 6) is 1.03. The molecule has 0 aliphatic heterocycles. The Morgan fingerprint density at radius 2 is 1.91 bits per heavy atom. The molecule has 0 fully saturated rings. The quantitative estimate of drug-likeness (QED) is 0.852. The fraction of sp³-hybridized carbons (Fsp3) is 0.438. The smallest absolute Gasteiger partial charge is 0.276 e. The Morgan fingerprint density at radius 1 is 1.26 bits per heavy atom. The Morgan fingerprint density at radius 3 is 2.48 bits per heavy atom. The molecule has 0 unspecified atom stereocenters. The van der Waals surface area contributed by atoms with Crippen molar-refractivity contribution in [1.82, 2.24) is 14.9 Å². The topological polar surface area (TPSA) is 69.0 Å². The highest BCUT2D eigenvalue weighted by Gasteiger charge is 2.14. The first kappa shape index (κ1) is 17.3. The largest absolute Gasteiger partial charge is 0.484 e. The number of benzene rings is 1. The second-order valence-electron chi connectivity index (χ2n) is 6.17. The van der Waals surface area contributed by atoms with Crippen LogP contribution in [0.1, 0.15) is 32.2 Å². The average Bonchev–Trinajstić information content (AvgIpc) is 2.85. The molecule has 0 bridgehead atoms. The molecule has 0 aliphatic rings. The second-order valence-corrected chi connectivity index (χ2v) is 6.94. The summed E-state index contributed by atoms with van der Waals surface area (Å²) in [6, 6.07) is 7.79. The Labute approximate surface area is 140 Å². The first-order chi connectivity index (χ1) is 10.8. The third kappa shape index (κ3) is 4.48. The van der Waals surface area contributed by atoms with E-state index in [4.69, 9.17) is 4.74 Å². The maximum Gasteiger partial charge on any atom is 0.276 e. The van der Waals surface area contributed by atoms with Crippen LogP contribution in [-0.2, 0) is 10.2 Å². The van der Waals surface area contributed by atoms with Crippen LogP contribution >= 0.6 is 11.8 Å². The molecular weight excluding hydrogens is 312 g/mol. The van der Waals surface area contributed by atoms with Crippen LogP contribution in [0.5, 0.6) is 5.75 Å². The van der Waals surface area contributed by atoms with Gasteiger partial charge in [0.05, 0.1) is 0 Å². The van der Waals surface area contributed by atoms with Crippen LogP contribution in [0.15, 0.2) is 29.4 Å². The van der Waals surface area contributed by atoms with Crippen LogP contribution in [0.3, 0.4) is 0 Å². The van der Waals surface area contributed by atoms with Crippen LogP contribution in [0, 0.1) is 6.92 Å². The normalized spacial score (nSPS) is 11.3. The molecule has 1 amide bonds. The van der Waals surface area contributed by atoms with E-state index in [2.05, 4.69) is 36.4 Å². The number of ether oxygens (including phenoxy) is 1. The number of amides is 1. The van der Waals surface area contributed by atoms with Gasteiger partial charge in [-0.25, -0.2) is 4.68 Å². The molecule has 6 nitrogen and oxygen atoms in total. The summed E-state index contributed by atoms with van der Waals surface area (Å²) in [4.78, 5) is 12.0. The molecule has 23 heavy (non-hydrogen) atoms. The van der Waals surface area contributed by atoms with Gasteiger partial charge in [0.15, 0.2) is 6.61 Å². The van der Waals surface area contributed by atoms with Crippen molar-refractivity contribution in [3.8, 4) is 5.75 Å². The van der Waals surface area contributed by atoms with Crippen molar-refractivity contribution >= 4 is 17.7 Å². The maximum absolute atomic E-state index is 12.0. The van der Waals surface area contributed by atoms with Gasteiger partial charge in [-0.3, -0.25) is 10.2 Å². The first-order valence-corrected chi connectivity index (χ1v) is 8.53. The molecule has 0 atom stereocenters. The number of hydrogen-bond acceptors (Lipinski definition) is 5. The van der Waals surface area contributed by atoms with E-state index in [1.54, 1.807) is 11.6 Å². The summed E-state index contributed by atoms with van der Waals surface area (Å²) in [6.45, 7) is 8.17. The van der Waals surface area contributed by atoms with Crippen molar-refractivity contribution < 1.29 is 9.53 Å². The van der Waals surface area contributed by atoms with Crippen molar-refractivity contribution in [2.75, 3.05) is 18.3 Å². The molecule has 1 aromatic carbocycles. The lowest BCUT2D eigenvalue weighted by atomic mass is 9.87. The van der Waals surface area contributed by atoms with E-state index in [1.807, 2.05) is 30.5 Å². The molecule has 0 radical (unpaired) electrons. The van der Waals surface area contributed by atoms with Crippen molar-refractivity contribution in [2.24, 2.45) is 0 Å². The number of carbonyl (C=O) groups is 1. The van der Waals surface area contributed by atoms with E-state index in [1.165, 1.54) is 17.3 Å². The van der Waals surface area contributed by atoms with Gasteiger partial charge in [-0.05, 0) is 36.3 Å². The zero-order valence-corrected chi connectivity index (χ0v) is 14.9. The monoisotopic (exact) mass is 334 g/mol. The van der Waals surface area contributed by atoms with Gasteiger partial charge in [-0.1, -0.05) is 44.7 Å². The molecule has 0 aliphatic carbocycles. The molecule has 2 aromatic rings. The van der Waals surface area contributed by atoms with E-state index in [9.17, 15) is 4.79 Å². The summed E-state index contributed by atoms with van der Waals surface area (Å²) in [7, 11) is 0. The van der Waals surface area contributed by atoms with Gasteiger partial charge in [0.25, 0.3) is 5.91 Å². The Bertz CT molecular complexity index is 674. The van der Waals surface area contributed by atoms with Gasteiger partial charge in [-0.2, -0.15) is 0 Å². The first-order valence-electron chi connectivity index (χ1n) is 7.30. The SMILES string of the molecule is CSc1nnc(C)n1NC(=O)COc1ccc(C(C)(C)C)cc1. The summed E-state index contributed by atoms with van der Waals surface area (Å²) >= 11 is 1.41. The Hall–Kier alpha value is -2.02. The highest BCUT2D eigenvalue weighted by Crippen LogP contribution is 2.24. The maximum atomic E-state index is 12.0. The predicted molar refractivity (Wildman–Crippen MR) is 91.5 cm³/mol. The molecule has 1 heterocycles. The third-order valence-corrected chi connectivity index (χ3v) is 3.93. The van der Waals surface area contributed by atoms with Gasteiger partial charge >= 0.3 is 0 Å². The van der Waals surface area contributed by atoms with Crippen LogP contribution in [0.25, 0.3) is 0 Å². The van der Waals surface area contributed by atoms with Crippen LogP contribution < -0.4 is 10.2 Å². The summed E-state index contributed by atoms with van der Waals surface area (Å²) < 4.78 is 7.08. The third-order valence-electron chi connectivity index (χ3n) is 3.30. The number of aromatic nitrogens is 3. The van der Waals surface area contributed by atoms with E-state index in [0.717, 1.165) is 0 Å². The van der Waals surface area contributed by atoms with E-state index in [0.29, 0.717) is 16.7 Å². The minimum absolute atomic E-state index is 0.0691. The fourth-order valence-corrected chi connectivity index (χ4v) is 2.44. The average molecular weight is 334 g/mol. The minimum Gasteiger partial charge on any atom is -0.484 e. The van der Waals surface area contributed by atoms with Crippen molar-refractivity contribution in [2.45, 2.75) is 38.3 Å². The number of carbonyl (C=O) groups excluding carboxylic acids is 1. The van der Waals surface area contributed by atoms with Gasteiger partial charge < -0.3 is 4.74 Å². The molecule has 2 rings (SSSR count). The number of nitrogens with one attached hydrogen (secondary N) is 1. The highest BCUT2D eigenvalue weighted by atomic mass is 32.2. The van der Waals surface area contributed by atoms with E-state index >= 15 is 0 Å². The van der Waals surface area contributed by atoms with Crippen molar-refractivity contribution in [3.63, 3.8) is 0 Å². The summed E-state index contributed by atoms with van der Waals surface area (Å²) in [5.41, 5.74) is 4.04. The minimum atomic E-state index is -0.261. The van der Waals surface area contributed by atoms with Crippen molar-refractivity contribution in [3.05, 3.63) is 35.7 Å². The molecule has 124 valence electrons. The van der Waals surface area contributed by atoms with Crippen LogP contribution in [0.4, 0.5) is 0 Å².